The quantitative estimate of drug-likeness (QED) is 0.0869. The molecule has 0 N–H and O–H groups in total. The first kappa shape index (κ1) is 38.0. The first-order valence-electron chi connectivity index (χ1n) is 21.8. The van der Waals surface area contributed by atoms with Gasteiger partial charge in [0.2, 0.25) is 0 Å². The maximum absolute atomic E-state index is 14.6. The van der Waals surface area contributed by atoms with E-state index in [4.69, 9.17) is 4.42 Å². The third-order valence-corrected chi connectivity index (χ3v) is 12.8. The number of rotatable bonds is 8. The molecule has 3 heterocycles. The van der Waals surface area contributed by atoms with E-state index in [2.05, 4.69) is 198 Å². The van der Waals surface area contributed by atoms with Crippen molar-refractivity contribution in [3.8, 4) is 44.8 Å². The number of fused-ring (bicyclic) bond motifs is 10. The van der Waals surface area contributed by atoms with Gasteiger partial charge in [-0.2, -0.15) is 0 Å². The van der Waals surface area contributed by atoms with Crippen molar-refractivity contribution in [3.05, 3.63) is 248 Å². The van der Waals surface area contributed by atoms with E-state index in [1.54, 1.807) is 6.08 Å². The lowest BCUT2D eigenvalue weighted by molar-refractivity contribution is 0.572. The monoisotopic (exact) mass is 832 g/mol. The molecule has 12 rings (SSSR count). The molecule has 3 aromatic heterocycles. The lowest BCUT2D eigenvalue weighted by Gasteiger charge is -2.15. The Hall–Kier alpha value is -8.73. The summed E-state index contributed by atoms with van der Waals surface area (Å²) in [5.41, 5.74) is 14.6. The van der Waals surface area contributed by atoms with Gasteiger partial charge in [0.05, 0.1) is 27.5 Å². The summed E-state index contributed by atoms with van der Waals surface area (Å²) in [4.78, 5) is 14.6. The molecule has 306 valence electrons. The normalized spacial score (nSPS) is 12.0. The number of hydrogen-bond acceptors (Lipinski definition) is 2. The number of aromatic nitrogens is 2. The maximum Gasteiger partial charge on any atom is 0.344 e. The fourth-order valence-electron chi connectivity index (χ4n) is 9.89. The van der Waals surface area contributed by atoms with E-state index in [1.807, 2.05) is 36.4 Å². The van der Waals surface area contributed by atoms with Crippen LogP contribution in [0.4, 0.5) is 0 Å². The van der Waals surface area contributed by atoms with Crippen LogP contribution < -0.4 is 5.63 Å². The SMILES string of the molecule is C=C/C=C(\C=C)c1cc(-c2ccccc2)cc(-n2c3ccccc3c3cc4c(=O)oc5c(ccc6c7ccccc7n(-c7cc(-c8ccccc8)cc(-c8ccccc8)c7)c65)c4cc32)c1. The zero-order chi connectivity index (χ0) is 43.6. The average molecular weight is 833 g/mol. The molecular formula is C61H40N2O2. The summed E-state index contributed by atoms with van der Waals surface area (Å²) >= 11 is 0. The predicted molar refractivity (Wildman–Crippen MR) is 273 cm³/mol. The van der Waals surface area contributed by atoms with E-state index in [9.17, 15) is 4.79 Å². The van der Waals surface area contributed by atoms with Gasteiger partial charge in [0, 0.05) is 43.7 Å². The molecule has 0 bridgehead atoms. The van der Waals surface area contributed by atoms with Gasteiger partial charge in [-0.25, -0.2) is 4.79 Å². The molecule has 4 heteroatoms. The van der Waals surface area contributed by atoms with Crippen molar-refractivity contribution in [1.82, 2.24) is 9.13 Å². The molecule has 0 aliphatic carbocycles. The fraction of sp³-hybridized carbons (Fsp3) is 0. The summed E-state index contributed by atoms with van der Waals surface area (Å²) in [6.45, 7) is 8.15. The Morgan fingerprint density at radius 2 is 0.938 bits per heavy atom. The minimum absolute atomic E-state index is 0.378. The summed E-state index contributed by atoms with van der Waals surface area (Å²) < 4.78 is 11.2. The molecule has 0 fully saturated rings. The smallest absolute Gasteiger partial charge is 0.344 e. The summed E-state index contributed by atoms with van der Waals surface area (Å²) in [6.07, 6.45) is 5.67. The van der Waals surface area contributed by atoms with Crippen molar-refractivity contribution in [2.45, 2.75) is 0 Å². The van der Waals surface area contributed by atoms with Crippen LogP contribution in [0, 0.1) is 0 Å². The zero-order valence-electron chi connectivity index (χ0n) is 35.4. The topological polar surface area (TPSA) is 40.1 Å². The maximum atomic E-state index is 14.6. The van der Waals surface area contributed by atoms with Gasteiger partial charge in [-0.1, -0.05) is 165 Å². The Morgan fingerprint density at radius 1 is 0.415 bits per heavy atom. The fourth-order valence-corrected chi connectivity index (χ4v) is 9.89. The molecule has 0 saturated heterocycles. The van der Waals surface area contributed by atoms with E-state index >= 15 is 0 Å². The molecule has 9 aromatic carbocycles. The van der Waals surface area contributed by atoms with Crippen LogP contribution in [0.5, 0.6) is 0 Å². The summed E-state index contributed by atoms with van der Waals surface area (Å²) in [7, 11) is 0. The van der Waals surface area contributed by atoms with Crippen LogP contribution in [0.25, 0.3) is 116 Å². The molecule has 4 nitrogen and oxygen atoms in total. The van der Waals surface area contributed by atoms with E-state index < -0.39 is 0 Å². The molecule has 0 aliphatic rings. The standard InChI is InChI=1S/C61H40N2O2/c1-3-18-39(4-2)43-31-44(40-19-8-5-9-20-40)34-47(33-43)62-56-27-16-15-26-50(56)54-37-55-53(38-58(54)62)52-30-29-51-49-25-14-17-28-57(49)63(59(51)60(52)65-61(55)64)48-35-45(41-21-10-6-11-22-41)32-46(36-48)42-23-12-7-13-24-42/h3-38H,1-2H2/b39-18+. The largest absolute Gasteiger partial charge is 0.420 e. The highest BCUT2D eigenvalue weighted by molar-refractivity contribution is 6.23. The number of benzene rings is 9. The molecule has 0 unspecified atom stereocenters. The summed E-state index contributed by atoms with van der Waals surface area (Å²) in [5.74, 6) is 0. The molecule has 65 heavy (non-hydrogen) atoms. The first-order valence-corrected chi connectivity index (χ1v) is 21.8. The number of para-hydroxylation sites is 2. The minimum Gasteiger partial charge on any atom is -0.420 e. The lowest BCUT2D eigenvalue weighted by Crippen LogP contribution is -2.02. The van der Waals surface area contributed by atoms with Gasteiger partial charge in [-0.3, -0.25) is 0 Å². The molecule has 0 radical (unpaired) electrons. The van der Waals surface area contributed by atoms with Crippen LogP contribution in [0.3, 0.4) is 0 Å². The van der Waals surface area contributed by atoms with Crippen molar-refractivity contribution in [2.75, 3.05) is 0 Å². The van der Waals surface area contributed by atoms with E-state index in [1.165, 1.54) is 0 Å². The molecule has 0 amide bonds. The molecule has 0 spiro atoms. The Balaban J connectivity index is 1.17. The molecule has 0 atom stereocenters. The van der Waals surface area contributed by atoms with Gasteiger partial charge in [-0.15, -0.1) is 0 Å². The number of allylic oxidation sites excluding steroid dienone is 4. The van der Waals surface area contributed by atoms with Crippen molar-refractivity contribution in [1.29, 1.82) is 0 Å². The van der Waals surface area contributed by atoms with Gasteiger partial charge in [0.25, 0.3) is 0 Å². The van der Waals surface area contributed by atoms with Crippen LogP contribution in [0.2, 0.25) is 0 Å². The lowest BCUT2D eigenvalue weighted by atomic mass is 9.97. The zero-order valence-corrected chi connectivity index (χ0v) is 35.4. The van der Waals surface area contributed by atoms with Crippen molar-refractivity contribution in [2.24, 2.45) is 0 Å². The van der Waals surface area contributed by atoms with Crippen molar-refractivity contribution >= 4 is 70.9 Å². The van der Waals surface area contributed by atoms with E-state index in [0.717, 1.165) is 110 Å². The van der Waals surface area contributed by atoms with Crippen LogP contribution in [-0.4, -0.2) is 9.13 Å². The van der Waals surface area contributed by atoms with E-state index in [-0.39, 0.29) is 5.63 Å². The van der Waals surface area contributed by atoms with Crippen molar-refractivity contribution in [3.63, 3.8) is 0 Å². The third kappa shape index (κ3) is 6.18. The highest BCUT2D eigenvalue weighted by Crippen LogP contribution is 2.42. The highest BCUT2D eigenvalue weighted by atomic mass is 16.4. The average Bonchev–Trinajstić information content (AvgIpc) is 3.88. The predicted octanol–water partition coefficient (Wildman–Crippen LogP) is 15.9. The second kappa shape index (κ2) is 15.3. The molecule has 12 aromatic rings. The van der Waals surface area contributed by atoms with Crippen molar-refractivity contribution < 1.29 is 4.42 Å². The Kier molecular flexibility index (Phi) is 8.92. The third-order valence-electron chi connectivity index (χ3n) is 12.8. The minimum atomic E-state index is -0.378. The van der Waals surface area contributed by atoms with Crippen LogP contribution in [0.15, 0.2) is 241 Å². The van der Waals surface area contributed by atoms with Crippen LogP contribution >= 0.6 is 0 Å². The second-order valence-electron chi connectivity index (χ2n) is 16.5. The summed E-state index contributed by atoms with van der Waals surface area (Å²) in [5, 5.41) is 6.32. The molecular weight excluding hydrogens is 793 g/mol. The second-order valence-corrected chi connectivity index (χ2v) is 16.5. The summed E-state index contributed by atoms with van der Waals surface area (Å²) in [6, 6.07) is 70.2. The van der Waals surface area contributed by atoms with Crippen LogP contribution in [0.1, 0.15) is 5.56 Å². The van der Waals surface area contributed by atoms with Gasteiger partial charge < -0.3 is 13.6 Å². The molecule has 0 aliphatic heterocycles. The molecule has 0 saturated carbocycles. The van der Waals surface area contributed by atoms with Gasteiger partial charge in [0.15, 0.2) is 5.58 Å². The van der Waals surface area contributed by atoms with Gasteiger partial charge >= 0.3 is 5.63 Å². The van der Waals surface area contributed by atoms with Gasteiger partial charge in [0.1, 0.15) is 0 Å². The number of hydrogen-bond donors (Lipinski definition) is 0. The Labute approximate surface area is 375 Å². The van der Waals surface area contributed by atoms with E-state index in [0.29, 0.717) is 11.0 Å². The van der Waals surface area contributed by atoms with Gasteiger partial charge in [-0.05, 0) is 111 Å². The Bertz CT molecular complexity index is 3920. The number of nitrogens with zero attached hydrogens (tertiary/aromatic N) is 2. The first-order chi connectivity index (χ1) is 32.1. The highest BCUT2D eigenvalue weighted by Gasteiger charge is 2.22. The Morgan fingerprint density at radius 3 is 1.54 bits per heavy atom. The van der Waals surface area contributed by atoms with Crippen LogP contribution in [-0.2, 0) is 0 Å².